The average Bonchev–Trinajstić information content (AvgIpc) is 2.47. The number of nitrogens with zero attached hydrogens (tertiary/aromatic N) is 2. The van der Waals surface area contributed by atoms with Crippen LogP contribution in [0.25, 0.3) is 0 Å². The van der Waals surface area contributed by atoms with Gasteiger partial charge in [0.05, 0.1) is 0 Å². The minimum atomic E-state index is -1.04. The van der Waals surface area contributed by atoms with Gasteiger partial charge in [-0.1, -0.05) is 19.3 Å². The van der Waals surface area contributed by atoms with Gasteiger partial charge in [-0.15, -0.1) is 0 Å². The SMILES string of the molecule is CC(N/C=C(/C#N)C(=O)N(C)C1CCCCC1)C(=O)O. The van der Waals surface area contributed by atoms with Crippen LogP contribution < -0.4 is 5.32 Å². The van der Waals surface area contributed by atoms with Crippen LogP contribution in [0.3, 0.4) is 0 Å². The Morgan fingerprint density at radius 2 is 2.00 bits per heavy atom. The Labute approximate surface area is 119 Å². The predicted molar refractivity (Wildman–Crippen MR) is 73.6 cm³/mol. The number of aliphatic carboxylic acids is 1. The molecule has 0 bridgehead atoms. The average molecular weight is 279 g/mol. The normalized spacial score (nSPS) is 17.9. The molecule has 2 N–H and O–H groups in total. The highest BCUT2D eigenvalue weighted by Crippen LogP contribution is 2.22. The molecule has 20 heavy (non-hydrogen) atoms. The fourth-order valence-electron chi connectivity index (χ4n) is 2.25. The van der Waals surface area contributed by atoms with Crippen LogP contribution in [-0.2, 0) is 9.59 Å². The van der Waals surface area contributed by atoms with E-state index in [9.17, 15) is 9.59 Å². The van der Waals surface area contributed by atoms with E-state index in [1.807, 2.05) is 6.07 Å². The van der Waals surface area contributed by atoms with Crippen LogP contribution >= 0.6 is 0 Å². The van der Waals surface area contributed by atoms with E-state index in [2.05, 4.69) is 5.32 Å². The van der Waals surface area contributed by atoms with E-state index in [-0.39, 0.29) is 17.5 Å². The third-order valence-electron chi connectivity index (χ3n) is 3.64. The molecule has 0 radical (unpaired) electrons. The third kappa shape index (κ3) is 4.26. The van der Waals surface area contributed by atoms with Crippen LogP contribution in [0, 0.1) is 11.3 Å². The number of nitrogens with one attached hydrogen (secondary N) is 1. The van der Waals surface area contributed by atoms with Crippen LogP contribution in [0.2, 0.25) is 0 Å². The molecule has 0 saturated heterocycles. The maximum atomic E-state index is 12.2. The number of rotatable bonds is 5. The summed E-state index contributed by atoms with van der Waals surface area (Å²) in [6.07, 6.45) is 6.50. The fraction of sp³-hybridized carbons (Fsp3) is 0.643. The van der Waals surface area contributed by atoms with Crippen molar-refractivity contribution in [2.75, 3.05) is 7.05 Å². The smallest absolute Gasteiger partial charge is 0.325 e. The zero-order valence-electron chi connectivity index (χ0n) is 11.9. The second-order valence-electron chi connectivity index (χ2n) is 5.10. The highest BCUT2D eigenvalue weighted by Gasteiger charge is 2.24. The van der Waals surface area contributed by atoms with Gasteiger partial charge in [0, 0.05) is 19.3 Å². The van der Waals surface area contributed by atoms with Gasteiger partial charge in [-0.25, -0.2) is 0 Å². The molecule has 0 aliphatic heterocycles. The second kappa shape index (κ2) is 7.53. The van der Waals surface area contributed by atoms with E-state index in [4.69, 9.17) is 10.4 Å². The van der Waals surface area contributed by atoms with Crippen molar-refractivity contribution in [3.8, 4) is 6.07 Å². The Morgan fingerprint density at radius 1 is 1.40 bits per heavy atom. The topological polar surface area (TPSA) is 93.4 Å². The first-order chi connectivity index (χ1) is 9.47. The number of amides is 1. The molecule has 1 atom stereocenters. The number of carboxylic acids is 1. The molecule has 1 aliphatic carbocycles. The number of carbonyl (C=O) groups is 2. The standard InChI is InChI=1S/C14H21N3O3/c1-10(14(19)20)16-9-11(8-15)13(18)17(2)12-6-4-3-5-7-12/h9-10,12,16H,3-7H2,1-2H3,(H,19,20)/b11-9-. The summed E-state index contributed by atoms with van der Waals surface area (Å²) in [4.78, 5) is 24.5. The molecule has 1 fully saturated rings. The lowest BCUT2D eigenvalue weighted by Crippen LogP contribution is -2.39. The summed E-state index contributed by atoms with van der Waals surface area (Å²) in [5.41, 5.74) is -0.0637. The number of carbonyl (C=O) groups excluding carboxylic acids is 1. The van der Waals surface area contributed by atoms with Crippen molar-refractivity contribution < 1.29 is 14.7 Å². The summed E-state index contributed by atoms with van der Waals surface area (Å²) < 4.78 is 0. The molecule has 1 rings (SSSR count). The summed E-state index contributed by atoms with van der Waals surface area (Å²) in [6.45, 7) is 1.45. The van der Waals surface area contributed by atoms with Gasteiger partial charge >= 0.3 is 5.97 Å². The summed E-state index contributed by atoms with van der Waals surface area (Å²) in [5, 5.41) is 20.3. The second-order valence-corrected chi connectivity index (χ2v) is 5.10. The van der Waals surface area contributed by atoms with Crippen molar-refractivity contribution in [3.63, 3.8) is 0 Å². The molecule has 0 aromatic rings. The summed E-state index contributed by atoms with van der Waals surface area (Å²) in [6, 6.07) is 1.16. The fourth-order valence-corrected chi connectivity index (χ4v) is 2.25. The quantitative estimate of drug-likeness (QED) is 0.583. The largest absolute Gasteiger partial charge is 0.480 e. The summed E-state index contributed by atoms with van der Waals surface area (Å²) >= 11 is 0. The van der Waals surface area contributed by atoms with Gasteiger partial charge in [-0.3, -0.25) is 9.59 Å². The molecule has 6 heteroatoms. The molecule has 0 heterocycles. The van der Waals surface area contributed by atoms with Crippen LogP contribution in [0.5, 0.6) is 0 Å². The zero-order valence-corrected chi connectivity index (χ0v) is 11.9. The minimum absolute atomic E-state index is 0.0637. The van der Waals surface area contributed by atoms with E-state index in [0.717, 1.165) is 25.7 Å². The zero-order chi connectivity index (χ0) is 15.1. The first-order valence-corrected chi connectivity index (χ1v) is 6.83. The number of hydrogen-bond acceptors (Lipinski definition) is 4. The van der Waals surface area contributed by atoms with Crippen molar-refractivity contribution in [2.24, 2.45) is 0 Å². The van der Waals surface area contributed by atoms with Crippen molar-refractivity contribution in [1.82, 2.24) is 10.2 Å². The Morgan fingerprint density at radius 3 is 2.50 bits per heavy atom. The molecule has 6 nitrogen and oxygen atoms in total. The Kier molecular flexibility index (Phi) is 6.04. The van der Waals surface area contributed by atoms with Gasteiger partial charge in [-0.05, 0) is 19.8 Å². The van der Waals surface area contributed by atoms with Gasteiger partial charge < -0.3 is 15.3 Å². The number of nitriles is 1. The highest BCUT2D eigenvalue weighted by atomic mass is 16.4. The lowest BCUT2D eigenvalue weighted by atomic mass is 9.94. The maximum absolute atomic E-state index is 12.2. The molecule has 110 valence electrons. The lowest BCUT2D eigenvalue weighted by Gasteiger charge is -2.31. The third-order valence-corrected chi connectivity index (χ3v) is 3.64. The molecular formula is C14H21N3O3. The van der Waals surface area contributed by atoms with Gasteiger partial charge in [0.1, 0.15) is 17.7 Å². The van der Waals surface area contributed by atoms with E-state index in [1.165, 1.54) is 19.5 Å². The molecule has 1 saturated carbocycles. The number of carboxylic acid groups (broad SMARTS) is 1. The van der Waals surface area contributed by atoms with Gasteiger partial charge in [0.2, 0.25) is 0 Å². The Hall–Kier alpha value is -2.03. The summed E-state index contributed by atoms with van der Waals surface area (Å²) in [5.74, 6) is -1.39. The molecule has 0 aromatic heterocycles. The van der Waals surface area contributed by atoms with Crippen molar-refractivity contribution in [2.45, 2.75) is 51.1 Å². The Bertz CT molecular complexity index is 433. The van der Waals surface area contributed by atoms with Crippen LogP contribution in [0.4, 0.5) is 0 Å². The van der Waals surface area contributed by atoms with Gasteiger partial charge in [-0.2, -0.15) is 5.26 Å². The van der Waals surface area contributed by atoms with Crippen LogP contribution in [-0.4, -0.2) is 41.0 Å². The van der Waals surface area contributed by atoms with Gasteiger partial charge in [0.15, 0.2) is 0 Å². The molecular weight excluding hydrogens is 258 g/mol. The predicted octanol–water partition coefficient (Wildman–Crippen LogP) is 1.25. The Balaban J connectivity index is 2.68. The van der Waals surface area contributed by atoms with Crippen molar-refractivity contribution in [3.05, 3.63) is 11.8 Å². The van der Waals surface area contributed by atoms with Gasteiger partial charge in [0.25, 0.3) is 5.91 Å². The molecule has 1 aliphatic rings. The molecule has 0 aromatic carbocycles. The lowest BCUT2D eigenvalue weighted by molar-refractivity contribution is -0.138. The maximum Gasteiger partial charge on any atom is 0.325 e. The molecule has 1 unspecified atom stereocenters. The van der Waals surface area contributed by atoms with E-state index in [0.29, 0.717) is 0 Å². The van der Waals surface area contributed by atoms with Crippen LogP contribution in [0.15, 0.2) is 11.8 Å². The molecule has 1 amide bonds. The summed E-state index contributed by atoms with van der Waals surface area (Å²) in [7, 11) is 1.70. The highest BCUT2D eigenvalue weighted by molar-refractivity contribution is 5.97. The minimum Gasteiger partial charge on any atom is -0.480 e. The molecule has 0 spiro atoms. The van der Waals surface area contributed by atoms with Crippen LogP contribution in [0.1, 0.15) is 39.0 Å². The van der Waals surface area contributed by atoms with E-state index >= 15 is 0 Å². The number of hydrogen-bond donors (Lipinski definition) is 2. The van der Waals surface area contributed by atoms with Crippen molar-refractivity contribution in [1.29, 1.82) is 5.26 Å². The van der Waals surface area contributed by atoms with Crippen molar-refractivity contribution >= 4 is 11.9 Å². The van der Waals surface area contributed by atoms with E-state index in [1.54, 1.807) is 11.9 Å². The monoisotopic (exact) mass is 279 g/mol. The van der Waals surface area contributed by atoms with E-state index < -0.39 is 12.0 Å². The number of likely N-dealkylation sites (N-methyl/N-ethyl adjacent to an activating group) is 1. The first-order valence-electron chi connectivity index (χ1n) is 6.83. The first kappa shape index (κ1) is 16.0.